The fourth-order valence-electron chi connectivity index (χ4n) is 6.49. The van der Waals surface area contributed by atoms with Gasteiger partial charge in [0.25, 0.3) is 0 Å². The number of allylic oxidation sites excluding steroid dienone is 4. The zero-order valence-electron chi connectivity index (χ0n) is 24.3. The summed E-state index contributed by atoms with van der Waals surface area (Å²) in [6.07, 6.45) is 13.1. The normalized spacial score (nSPS) is 41.1. The zero-order chi connectivity index (χ0) is 26.2. The highest BCUT2D eigenvalue weighted by atomic mass is 16.3. The van der Waals surface area contributed by atoms with Crippen molar-refractivity contribution in [3.05, 3.63) is 35.5 Å². The summed E-state index contributed by atoms with van der Waals surface area (Å²) in [4.78, 5) is 0. The Morgan fingerprint density at radius 3 is 2.83 bits per heavy atom. The molecular formula is C27H44O2. The van der Waals surface area contributed by atoms with Crippen molar-refractivity contribution in [1.82, 2.24) is 0 Å². The van der Waals surface area contributed by atoms with Gasteiger partial charge in [-0.1, -0.05) is 56.6 Å². The molecule has 2 nitrogen and oxygen atoms in total. The highest BCUT2D eigenvalue weighted by molar-refractivity contribution is 5.36. The number of aliphatic hydroxyl groups is 2. The Morgan fingerprint density at radius 1 is 1.28 bits per heavy atom. The molecule has 0 heterocycles. The maximum atomic E-state index is 10.6. The summed E-state index contributed by atoms with van der Waals surface area (Å²) >= 11 is 0. The monoisotopic (exact) mass is 406 g/mol. The summed E-state index contributed by atoms with van der Waals surface area (Å²) in [6, 6.07) is 0. The summed E-state index contributed by atoms with van der Waals surface area (Å²) in [7, 11) is 0. The van der Waals surface area contributed by atoms with E-state index in [0.717, 1.165) is 44.1 Å². The molecule has 0 saturated heterocycles. The fourth-order valence-corrected chi connectivity index (χ4v) is 6.49. The van der Waals surface area contributed by atoms with Crippen LogP contribution in [0.5, 0.6) is 0 Å². The van der Waals surface area contributed by atoms with Crippen molar-refractivity contribution in [3.63, 3.8) is 0 Å². The van der Waals surface area contributed by atoms with Crippen LogP contribution in [0.2, 0.25) is 0 Å². The Morgan fingerprint density at radius 2 is 2.07 bits per heavy atom. The number of rotatable bonds is 6. The molecule has 2 N–H and O–H groups in total. The molecule has 29 heavy (non-hydrogen) atoms. The van der Waals surface area contributed by atoms with Gasteiger partial charge in [-0.05, 0) is 100 Å². The Hall–Kier alpha value is -0.860. The molecule has 0 bridgehead atoms. The van der Waals surface area contributed by atoms with Gasteiger partial charge in [-0.15, -0.1) is 0 Å². The van der Waals surface area contributed by atoms with Gasteiger partial charge in [0.1, 0.15) is 0 Å². The largest absolute Gasteiger partial charge is 0.393 e. The molecular weight excluding hydrogens is 356 g/mol. The first-order valence-electron chi connectivity index (χ1n) is 14.6. The van der Waals surface area contributed by atoms with Gasteiger partial charge in [0, 0.05) is 8.22 Å². The second-order valence-corrected chi connectivity index (χ2v) is 10.3. The number of hydrogen-bond acceptors (Lipinski definition) is 2. The van der Waals surface area contributed by atoms with Crippen LogP contribution in [-0.4, -0.2) is 21.9 Å². The van der Waals surface area contributed by atoms with Gasteiger partial charge in [0.05, 0.1) is 11.7 Å². The van der Waals surface area contributed by atoms with Gasteiger partial charge < -0.3 is 10.2 Å². The fraction of sp³-hybridized carbons (Fsp3) is 0.778. The molecule has 0 unspecified atom stereocenters. The minimum atomic E-state index is -2.94. The van der Waals surface area contributed by atoms with Crippen LogP contribution >= 0.6 is 0 Å². The van der Waals surface area contributed by atoms with E-state index in [0.29, 0.717) is 37.0 Å². The summed E-state index contributed by atoms with van der Waals surface area (Å²) in [5.74, 6) is 1.33. The van der Waals surface area contributed by atoms with E-state index in [1.54, 1.807) is 0 Å². The molecule has 0 amide bonds. The average molecular weight is 407 g/mol. The number of aliphatic hydroxyl groups excluding tert-OH is 1. The Bertz CT molecular complexity index is 826. The molecule has 3 aliphatic rings. The zero-order valence-corrected chi connectivity index (χ0v) is 18.3. The molecule has 3 fully saturated rings. The molecule has 0 spiro atoms. The van der Waals surface area contributed by atoms with Gasteiger partial charge >= 0.3 is 0 Å². The maximum absolute atomic E-state index is 10.6. The second kappa shape index (κ2) is 9.10. The van der Waals surface area contributed by atoms with Crippen LogP contribution in [0.4, 0.5) is 0 Å². The van der Waals surface area contributed by atoms with Crippen molar-refractivity contribution in [1.29, 1.82) is 0 Å². The van der Waals surface area contributed by atoms with E-state index in [9.17, 15) is 10.2 Å². The standard InChI is InChI=1S/C27H44O2/c1-19-10-13-23(28)18-22(19)12-11-21-9-7-17-27(5)24(14-15-25(21)27)20(2)8-6-16-26(3,4)29/h11-12,20,23-25,28-29H,1,6-10,13-18H2,2-5H3/b21-11-,22-12+/t20-,23-,24-,25+,27-/m1/s1/i3D3,4D3. The lowest BCUT2D eigenvalue weighted by Crippen LogP contribution is -2.36. The third-order valence-corrected chi connectivity index (χ3v) is 8.11. The predicted molar refractivity (Wildman–Crippen MR) is 123 cm³/mol. The number of fused-ring (bicyclic) bond motifs is 1. The van der Waals surface area contributed by atoms with Crippen molar-refractivity contribution >= 4 is 0 Å². The molecule has 3 aliphatic carbocycles. The second-order valence-electron chi connectivity index (χ2n) is 10.3. The van der Waals surface area contributed by atoms with Gasteiger partial charge in [-0.2, -0.15) is 0 Å². The third kappa shape index (κ3) is 5.44. The van der Waals surface area contributed by atoms with E-state index in [1.807, 2.05) is 0 Å². The molecule has 3 rings (SSSR count). The van der Waals surface area contributed by atoms with Crippen LogP contribution in [0, 0.1) is 23.2 Å². The SMILES string of the molecule is [2H]C([2H])([2H])C(O)(CCC[C@@H](C)[C@H]1CC[C@H]2/C(=C\C=C3/C[C@H](O)CCC3=C)CCC[C@]12C)C([2H])([2H])[2H]. The van der Waals surface area contributed by atoms with Crippen molar-refractivity contribution in [2.45, 2.75) is 110 Å². The Labute approximate surface area is 187 Å². The molecule has 2 heteroatoms. The predicted octanol–water partition coefficient (Wildman–Crippen LogP) is 6.73. The van der Waals surface area contributed by atoms with Crippen molar-refractivity contribution in [2.24, 2.45) is 23.2 Å². The van der Waals surface area contributed by atoms with E-state index in [2.05, 4.69) is 32.6 Å². The lowest BCUT2D eigenvalue weighted by molar-refractivity contribution is 0.0596. The van der Waals surface area contributed by atoms with Crippen LogP contribution in [0.3, 0.4) is 0 Å². The molecule has 164 valence electrons. The first kappa shape index (κ1) is 15.9. The van der Waals surface area contributed by atoms with Gasteiger partial charge in [-0.3, -0.25) is 0 Å². The lowest BCUT2D eigenvalue weighted by Gasteiger charge is -2.44. The van der Waals surface area contributed by atoms with Crippen LogP contribution in [-0.2, 0) is 0 Å². The van der Waals surface area contributed by atoms with Crippen LogP contribution in [0.15, 0.2) is 35.5 Å². The molecule has 5 atom stereocenters. The number of hydrogen-bond donors (Lipinski definition) is 2. The molecule has 0 aromatic rings. The average Bonchev–Trinajstić information content (AvgIpc) is 3.10. The maximum Gasteiger partial charge on any atom is 0.0591 e. The molecule has 0 aromatic heterocycles. The van der Waals surface area contributed by atoms with Crippen molar-refractivity contribution < 1.29 is 18.4 Å². The first-order valence-corrected chi connectivity index (χ1v) is 11.6. The van der Waals surface area contributed by atoms with Gasteiger partial charge in [-0.25, -0.2) is 0 Å². The lowest BCUT2D eigenvalue weighted by atomic mass is 9.60. The quantitative estimate of drug-likeness (QED) is 0.513. The third-order valence-electron chi connectivity index (χ3n) is 8.11. The van der Waals surface area contributed by atoms with Gasteiger partial charge in [0.2, 0.25) is 0 Å². The molecule has 0 radical (unpaired) electrons. The summed E-state index contributed by atoms with van der Waals surface area (Å²) < 4.78 is 45.6. The van der Waals surface area contributed by atoms with E-state index >= 15 is 0 Å². The summed E-state index contributed by atoms with van der Waals surface area (Å²) in [6.45, 7) is 2.91. The minimum Gasteiger partial charge on any atom is -0.393 e. The van der Waals surface area contributed by atoms with Crippen molar-refractivity contribution in [2.75, 3.05) is 0 Å². The summed E-state index contributed by atoms with van der Waals surface area (Å²) in [5, 5.41) is 20.6. The van der Waals surface area contributed by atoms with Crippen LogP contribution < -0.4 is 0 Å². The Balaban J connectivity index is 1.68. The van der Waals surface area contributed by atoms with E-state index in [4.69, 9.17) is 8.22 Å². The van der Waals surface area contributed by atoms with E-state index in [-0.39, 0.29) is 17.9 Å². The molecule has 3 saturated carbocycles. The smallest absolute Gasteiger partial charge is 0.0591 e. The minimum absolute atomic E-state index is 0.176. The highest BCUT2D eigenvalue weighted by Gasteiger charge is 2.50. The van der Waals surface area contributed by atoms with Gasteiger partial charge in [0.15, 0.2) is 0 Å². The topological polar surface area (TPSA) is 40.5 Å². The summed E-state index contributed by atoms with van der Waals surface area (Å²) in [5.41, 5.74) is 1.32. The van der Waals surface area contributed by atoms with Crippen molar-refractivity contribution in [3.8, 4) is 0 Å². The Kier molecular flexibility index (Phi) is 4.98. The highest BCUT2D eigenvalue weighted by Crippen LogP contribution is 2.60. The molecule has 0 aromatic carbocycles. The van der Waals surface area contributed by atoms with E-state index in [1.165, 1.54) is 17.6 Å². The van der Waals surface area contributed by atoms with E-state index < -0.39 is 19.3 Å². The van der Waals surface area contributed by atoms with Crippen LogP contribution in [0.25, 0.3) is 0 Å². The molecule has 0 aliphatic heterocycles. The van der Waals surface area contributed by atoms with Crippen LogP contribution in [0.1, 0.15) is 106 Å². The first-order chi connectivity index (χ1) is 16.1.